The van der Waals surface area contributed by atoms with E-state index in [0.717, 1.165) is 25.7 Å². The van der Waals surface area contributed by atoms with E-state index in [-0.39, 0.29) is 18.6 Å². The molecule has 0 aliphatic heterocycles. The molecule has 1 aromatic rings. The third-order valence-electron chi connectivity index (χ3n) is 3.65. The summed E-state index contributed by atoms with van der Waals surface area (Å²) in [5.41, 5.74) is 6.24. The number of carbonyl (C=O) groups excluding carboxylic acids is 1. The average molecular weight is 278 g/mol. The largest absolute Gasteiger partial charge is 0.484 e. The number of aliphatic hydroxyl groups is 1. The molecule has 20 heavy (non-hydrogen) atoms. The van der Waals surface area contributed by atoms with Crippen molar-refractivity contribution in [2.24, 2.45) is 5.92 Å². The second kappa shape index (κ2) is 7.14. The van der Waals surface area contributed by atoms with Gasteiger partial charge in [-0.1, -0.05) is 0 Å². The van der Waals surface area contributed by atoms with Crippen molar-refractivity contribution in [3.05, 3.63) is 24.3 Å². The molecule has 0 spiro atoms. The Kier molecular flexibility index (Phi) is 5.24. The molecule has 0 radical (unpaired) electrons. The number of benzene rings is 1. The minimum absolute atomic E-state index is 0.0132. The van der Waals surface area contributed by atoms with E-state index in [0.29, 0.717) is 23.9 Å². The van der Waals surface area contributed by atoms with Crippen molar-refractivity contribution in [3.8, 4) is 5.75 Å². The van der Waals surface area contributed by atoms with Crippen molar-refractivity contribution in [1.82, 2.24) is 5.32 Å². The van der Waals surface area contributed by atoms with Gasteiger partial charge >= 0.3 is 0 Å². The molecule has 1 aliphatic rings. The Morgan fingerprint density at radius 1 is 1.25 bits per heavy atom. The summed E-state index contributed by atoms with van der Waals surface area (Å²) in [6.45, 7) is 0.677. The van der Waals surface area contributed by atoms with Gasteiger partial charge in [0.1, 0.15) is 5.75 Å². The predicted octanol–water partition coefficient (Wildman–Crippen LogP) is 1.31. The second-order valence-corrected chi connectivity index (χ2v) is 5.34. The maximum absolute atomic E-state index is 11.7. The van der Waals surface area contributed by atoms with E-state index >= 15 is 0 Å². The first kappa shape index (κ1) is 14.7. The normalized spacial score (nSPS) is 22.2. The van der Waals surface area contributed by atoms with Gasteiger partial charge in [-0.2, -0.15) is 0 Å². The van der Waals surface area contributed by atoms with Gasteiger partial charge in [-0.05, 0) is 55.9 Å². The highest BCUT2D eigenvalue weighted by Gasteiger charge is 2.19. The van der Waals surface area contributed by atoms with Crippen LogP contribution in [0.15, 0.2) is 24.3 Å². The summed E-state index contributed by atoms with van der Waals surface area (Å²) in [4.78, 5) is 11.7. The first-order valence-corrected chi connectivity index (χ1v) is 7.06. The molecular weight excluding hydrogens is 256 g/mol. The molecule has 2 rings (SSSR count). The van der Waals surface area contributed by atoms with Gasteiger partial charge in [0.05, 0.1) is 6.10 Å². The molecule has 0 atom stereocenters. The SMILES string of the molecule is Nc1ccc(OCC(=O)NCC2CCC(O)CC2)cc1. The zero-order chi connectivity index (χ0) is 14.4. The van der Waals surface area contributed by atoms with Crippen LogP contribution in [0.1, 0.15) is 25.7 Å². The molecule has 110 valence electrons. The molecule has 0 aromatic heterocycles. The van der Waals surface area contributed by atoms with Crippen molar-refractivity contribution in [3.63, 3.8) is 0 Å². The fraction of sp³-hybridized carbons (Fsp3) is 0.533. The fourth-order valence-corrected chi connectivity index (χ4v) is 2.37. The van der Waals surface area contributed by atoms with Crippen molar-refractivity contribution in [2.45, 2.75) is 31.8 Å². The lowest BCUT2D eigenvalue weighted by Gasteiger charge is -2.25. The average Bonchev–Trinajstić information content (AvgIpc) is 2.46. The van der Waals surface area contributed by atoms with Gasteiger partial charge in [0.25, 0.3) is 5.91 Å². The number of nitrogens with two attached hydrogens (primary N) is 1. The quantitative estimate of drug-likeness (QED) is 0.709. The molecule has 1 aliphatic carbocycles. The van der Waals surface area contributed by atoms with Crippen LogP contribution in [0.2, 0.25) is 0 Å². The summed E-state index contributed by atoms with van der Waals surface area (Å²) in [6, 6.07) is 6.96. The van der Waals surface area contributed by atoms with Crippen LogP contribution in [0.5, 0.6) is 5.75 Å². The van der Waals surface area contributed by atoms with Crippen LogP contribution in [-0.4, -0.2) is 30.3 Å². The van der Waals surface area contributed by atoms with Gasteiger partial charge in [-0.3, -0.25) is 4.79 Å². The first-order valence-electron chi connectivity index (χ1n) is 7.06. The van der Waals surface area contributed by atoms with Crippen molar-refractivity contribution in [1.29, 1.82) is 0 Å². The summed E-state index contributed by atoms with van der Waals surface area (Å²) in [5.74, 6) is 0.988. The zero-order valence-electron chi connectivity index (χ0n) is 11.5. The predicted molar refractivity (Wildman–Crippen MR) is 77.3 cm³/mol. The zero-order valence-corrected chi connectivity index (χ0v) is 11.5. The van der Waals surface area contributed by atoms with E-state index in [4.69, 9.17) is 10.5 Å². The van der Waals surface area contributed by atoms with Crippen molar-refractivity contribution in [2.75, 3.05) is 18.9 Å². The molecule has 1 aromatic carbocycles. The molecule has 5 nitrogen and oxygen atoms in total. The number of hydrogen-bond acceptors (Lipinski definition) is 4. The number of ether oxygens (including phenoxy) is 1. The van der Waals surface area contributed by atoms with Crippen LogP contribution in [0.3, 0.4) is 0 Å². The molecule has 0 heterocycles. The van der Waals surface area contributed by atoms with E-state index in [1.54, 1.807) is 24.3 Å². The first-order chi connectivity index (χ1) is 9.63. The van der Waals surface area contributed by atoms with E-state index in [1.165, 1.54) is 0 Å². The van der Waals surface area contributed by atoms with Crippen LogP contribution in [-0.2, 0) is 4.79 Å². The van der Waals surface area contributed by atoms with E-state index < -0.39 is 0 Å². The second-order valence-electron chi connectivity index (χ2n) is 5.34. The van der Waals surface area contributed by atoms with Crippen LogP contribution in [0.25, 0.3) is 0 Å². The Balaban J connectivity index is 1.64. The lowest BCUT2D eigenvalue weighted by molar-refractivity contribution is -0.123. The number of amides is 1. The molecule has 5 heteroatoms. The molecule has 0 bridgehead atoms. The molecule has 1 fully saturated rings. The number of hydrogen-bond donors (Lipinski definition) is 3. The summed E-state index contributed by atoms with van der Waals surface area (Å²) in [5, 5.41) is 12.3. The number of rotatable bonds is 5. The minimum Gasteiger partial charge on any atom is -0.484 e. The number of nitrogen functional groups attached to an aromatic ring is 1. The van der Waals surface area contributed by atoms with E-state index in [2.05, 4.69) is 5.32 Å². The summed E-state index contributed by atoms with van der Waals surface area (Å²) >= 11 is 0. The van der Waals surface area contributed by atoms with Gasteiger partial charge < -0.3 is 20.9 Å². The van der Waals surface area contributed by atoms with Gasteiger partial charge in [0.2, 0.25) is 0 Å². The maximum atomic E-state index is 11.7. The van der Waals surface area contributed by atoms with Crippen molar-refractivity contribution < 1.29 is 14.6 Å². The number of nitrogens with one attached hydrogen (secondary N) is 1. The van der Waals surface area contributed by atoms with E-state index in [9.17, 15) is 9.90 Å². The molecule has 1 saturated carbocycles. The van der Waals surface area contributed by atoms with Crippen LogP contribution in [0, 0.1) is 5.92 Å². The van der Waals surface area contributed by atoms with Gasteiger partial charge in [0.15, 0.2) is 6.61 Å². The van der Waals surface area contributed by atoms with Crippen molar-refractivity contribution >= 4 is 11.6 Å². The molecule has 1 amide bonds. The van der Waals surface area contributed by atoms with E-state index in [1.807, 2.05) is 0 Å². The summed E-state index contributed by atoms with van der Waals surface area (Å²) in [6.07, 6.45) is 3.46. The highest BCUT2D eigenvalue weighted by atomic mass is 16.5. The molecule has 0 saturated heterocycles. The van der Waals surface area contributed by atoms with Gasteiger partial charge in [0, 0.05) is 12.2 Å². The monoisotopic (exact) mass is 278 g/mol. The molecule has 0 unspecified atom stereocenters. The van der Waals surface area contributed by atoms with Crippen LogP contribution < -0.4 is 15.8 Å². The number of aliphatic hydroxyl groups excluding tert-OH is 1. The highest BCUT2D eigenvalue weighted by molar-refractivity contribution is 5.77. The fourth-order valence-electron chi connectivity index (χ4n) is 2.37. The Labute approximate surface area is 119 Å². The Morgan fingerprint density at radius 2 is 1.90 bits per heavy atom. The standard InChI is InChI=1S/C15H22N2O3/c16-12-3-7-14(8-4-12)20-10-15(19)17-9-11-1-5-13(18)6-2-11/h3-4,7-8,11,13,18H,1-2,5-6,9-10,16H2,(H,17,19). The lowest BCUT2D eigenvalue weighted by atomic mass is 9.87. The van der Waals surface area contributed by atoms with Crippen LogP contribution in [0.4, 0.5) is 5.69 Å². The smallest absolute Gasteiger partial charge is 0.257 e. The number of anilines is 1. The summed E-state index contributed by atoms with van der Waals surface area (Å²) < 4.78 is 5.37. The highest BCUT2D eigenvalue weighted by Crippen LogP contribution is 2.23. The Bertz CT molecular complexity index is 425. The minimum atomic E-state index is -0.157. The molecule has 4 N–H and O–H groups in total. The van der Waals surface area contributed by atoms with Crippen LogP contribution >= 0.6 is 0 Å². The number of carbonyl (C=O) groups is 1. The third-order valence-corrected chi connectivity index (χ3v) is 3.65. The Hall–Kier alpha value is -1.75. The maximum Gasteiger partial charge on any atom is 0.257 e. The lowest BCUT2D eigenvalue weighted by Crippen LogP contribution is -2.34. The Morgan fingerprint density at radius 3 is 2.55 bits per heavy atom. The van der Waals surface area contributed by atoms with Gasteiger partial charge in [-0.15, -0.1) is 0 Å². The summed E-state index contributed by atoms with van der Waals surface area (Å²) in [7, 11) is 0. The third kappa shape index (κ3) is 4.74. The topological polar surface area (TPSA) is 84.6 Å². The van der Waals surface area contributed by atoms with Gasteiger partial charge in [-0.25, -0.2) is 0 Å². The molecular formula is C15H22N2O3.